The summed E-state index contributed by atoms with van der Waals surface area (Å²) in [6, 6.07) is 8.64. The van der Waals surface area contributed by atoms with Gasteiger partial charge in [0, 0.05) is 13.0 Å². The van der Waals surface area contributed by atoms with Crippen LogP contribution in [0.2, 0.25) is 0 Å². The maximum absolute atomic E-state index is 11.6. The van der Waals surface area contributed by atoms with Crippen molar-refractivity contribution in [2.45, 2.75) is 25.5 Å². The summed E-state index contributed by atoms with van der Waals surface area (Å²) in [6.45, 7) is 1.33. The topological polar surface area (TPSA) is 96.5 Å². The first-order valence-corrected chi connectivity index (χ1v) is 7.15. The van der Waals surface area contributed by atoms with Gasteiger partial charge in [0.15, 0.2) is 0 Å². The van der Waals surface area contributed by atoms with Crippen molar-refractivity contribution < 1.29 is 19.1 Å². The third kappa shape index (κ3) is 5.17. The number of imide groups is 1. The van der Waals surface area contributed by atoms with E-state index in [9.17, 15) is 14.4 Å². The summed E-state index contributed by atoms with van der Waals surface area (Å²) in [7, 11) is 0. The second kappa shape index (κ2) is 8.14. The smallest absolute Gasteiger partial charge is 0.322 e. The van der Waals surface area contributed by atoms with Gasteiger partial charge in [0.25, 0.3) is 5.91 Å². The van der Waals surface area contributed by atoms with Crippen LogP contribution < -0.4 is 16.0 Å². The number of ether oxygens (including phenoxy) is 1. The zero-order valence-corrected chi connectivity index (χ0v) is 12.1. The Balaban J connectivity index is 1.53. The lowest BCUT2D eigenvalue weighted by molar-refractivity contribution is -0.122. The van der Waals surface area contributed by atoms with E-state index in [4.69, 9.17) is 4.74 Å². The normalized spacial score (nSPS) is 17.0. The van der Waals surface area contributed by atoms with Gasteiger partial charge in [0.1, 0.15) is 6.04 Å². The molecule has 0 spiro atoms. The fourth-order valence-electron chi connectivity index (χ4n) is 2.05. The highest BCUT2D eigenvalue weighted by atomic mass is 16.5. The Kier molecular flexibility index (Phi) is 5.91. The third-order valence-electron chi connectivity index (χ3n) is 3.20. The predicted octanol–water partition coefficient (Wildman–Crippen LogP) is 0.308. The van der Waals surface area contributed by atoms with Crippen molar-refractivity contribution in [3.8, 4) is 0 Å². The van der Waals surface area contributed by atoms with Crippen LogP contribution in [-0.4, -0.2) is 37.0 Å². The molecule has 1 aromatic rings. The largest absolute Gasteiger partial charge is 0.375 e. The average Bonchev–Trinajstić information content (AvgIpc) is 2.84. The molecule has 0 aromatic heterocycles. The molecular formula is C15H19N3O4. The van der Waals surface area contributed by atoms with E-state index < -0.39 is 12.1 Å². The highest BCUT2D eigenvalue weighted by Gasteiger charge is 2.29. The summed E-state index contributed by atoms with van der Waals surface area (Å²) >= 11 is 0. The maximum atomic E-state index is 11.6. The van der Waals surface area contributed by atoms with Gasteiger partial charge in [-0.3, -0.25) is 14.9 Å². The van der Waals surface area contributed by atoms with E-state index in [1.165, 1.54) is 0 Å². The molecule has 2 rings (SSSR count). The van der Waals surface area contributed by atoms with Gasteiger partial charge < -0.3 is 15.4 Å². The Labute approximate surface area is 128 Å². The number of benzene rings is 1. The van der Waals surface area contributed by atoms with Crippen LogP contribution in [0.3, 0.4) is 0 Å². The molecule has 4 amide bonds. The van der Waals surface area contributed by atoms with Crippen LogP contribution in [0.25, 0.3) is 0 Å². The Hall–Kier alpha value is -2.41. The molecule has 3 N–H and O–H groups in total. The van der Waals surface area contributed by atoms with E-state index in [1.54, 1.807) is 0 Å². The Morgan fingerprint density at radius 1 is 1.23 bits per heavy atom. The molecule has 0 aliphatic carbocycles. The molecule has 0 saturated carbocycles. The van der Waals surface area contributed by atoms with Gasteiger partial charge in [-0.15, -0.1) is 0 Å². The van der Waals surface area contributed by atoms with E-state index in [1.807, 2.05) is 30.3 Å². The van der Waals surface area contributed by atoms with Crippen LogP contribution in [0.1, 0.15) is 18.4 Å². The van der Waals surface area contributed by atoms with Gasteiger partial charge in [-0.1, -0.05) is 30.3 Å². The molecule has 1 fully saturated rings. The molecule has 0 radical (unpaired) electrons. The van der Waals surface area contributed by atoms with Crippen LogP contribution in [0.15, 0.2) is 30.3 Å². The van der Waals surface area contributed by atoms with Crippen LogP contribution in [0.5, 0.6) is 0 Å². The van der Waals surface area contributed by atoms with E-state index in [-0.39, 0.29) is 24.7 Å². The second-order valence-electron chi connectivity index (χ2n) is 4.94. The van der Waals surface area contributed by atoms with Crippen LogP contribution >= 0.6 is 0 Å². The minimum absolute atomic E-state index is 0.169. The Bertz CT molecular complexity index is 533. The summed E-state index contributed by atoms with van der Waals surface area (Å²) in [5.74, 6) is -0.554. The maximum Gasteiger partial charge on any atom is 0.322 e. The number of hydrogen-bond donors (Lipinski definition) is 3. The van der Waals surface area contributed by atoms with Gasteiger partial charge in [-0.25, -0.2) is 4.79 Å². The molecule has 1 aliphatic rings. The van der Waals surface area contributed by atoms with E-state index >= 15 is 0 Å². The number of amides is 4. The van der Waals surface area contributed by atoms with Crippen molar-refractivity contribution in [2.75, 3.05) is 13.2 Å². The number of urea groups is 1. The average molecular weight is 305 g/mol. The standard InChI is InChI=1S/C15H19N3O4/c19-13(7-6-12-14(20)18-15(21)17-12)16-8-9-22-10-11-4-2-1-3-5-11/h1-5,12H,6-10H2,(H,16,19)(H2,17,18,20,21)/t12-/m0/s1. The molecule has 118 valence electrons. The number of carbonyl (C=O) groups is 3. The molecule has 7 nitrogen and oxygen atoms in total. The second-order valence-corrected chi connectivity index (χ2v) is 4.94. The summed E-state index contributed by atoms with van der Waals surface area (Å²) in [6.07, 6.45) is 0.464. The van der Waals surface area contributed by atoms with E-state index in [0.29, 0.717) is 19.8 Å². The van der Waals surface area contributed by atoms with Gasteiger partial charge in [-0.05, 0) is 12.0 Å². The monoisotopic (exact) mass is 305 g/mol. The minimum atomic E-state index is -0.618. The lowest BCUT2D eigenvalue weighted by Gasteiger charge is -2.08. The molecule has 0 unspecified atom stereocenters. The molecule has 1 heterocycles. The van der Waals surface area contributed by atoms with Crippen LogP contribution in [0.4, 0.5) is 4.79 Å². The first kappa shape index (κ1) is 16.0. The zero-order valence-electron chi connectivity index (χ0n) is 12.1. The van der Waals surface area contributed by atoms with E-state index in [2.05, 4.69) is 16.0 Å². The summed E-state index contributed by atoms with van der Waals surface area (Å²) in [4.78, 5) is 33.8. The summed E-state index contributed by atoms with van der Waals surface area (Å²) in [5, 5.41) is 7.29. The van der Waals surface area contributed by atoms with Crippen molar-refractivity contribution in [3.63, 3.8) is 0 Å². The number of carbonyl (C=O) groups excluding carboxylic acids is 3. The third-order valence-corrected chi connectivity index (χ3v) is 3.20. The molecule has 22 heavy (non-hydrogen) atoms. The Morgan fingerprint density at radius 2 is 2.00 bits per heavy atom. The van der Waals surface area contributed by atoms with Crippen LogP contribution in [-0.2, 0) is 20.9 Å². The lowest BCUT2D eigenvalue weighted by atomic mass is 10.1. The number of hydrogen-bond acceptors (Lipinski definition) is 4. The molecule has 0 bridgehead atoms. The van der Waals surface area contributed by atoms with Crippen molar-refractivity contribution in [1.82, 2.24) is 16.0 Å². The lowest BCUT2D eigenvalue weighted by Crippen LogP contribution is -2.32. The molecule has 7 heteroatoms. The summed E-state index contributed by atoms with van der Waals surface area (Å²) in [5.41, 5.74) is 1.08. The molecule has 1 aromatic carbocycles. The number of rotatable bonds is 8. The first-order valence-electron chi connectivity index (χ1n) is 7.15. The predicted molar refractivity (Wildman–Crippen MR) is 78.8 cm³/mol. The Morgan fingerprint density at radius 3 is 2.68 bits per heavy atom. The fourth-order valence-corrected chi connectivity index (χ4v) is 2.05. The van der Waals surface area contributed by atoms with Gasteiger partial charge >= 0.3 is 6.03 Å². The molecule has 1 saturated heterocycles. The van der Waals surface area contributed by atoms with Crippen molar-refractivity contribution in [2.24, 2.45) is 0 Å². The molecule has 1 aliphatic heterocycles. The highest BCUT2D eigenvalue weighted by Crippen LogP contribution is 2.02. The molecule has 1 atom stereocenters. The quantitative estimate of drug-likeness (QED) is 0.475. The minimum Gasteiger partial charge on any atom is -0.375 e. The zero-order chi connectivity index (χ0) is 15.8. The van der Waals surface area contributed by atoms with Gasteiger partial charge in [0.2, 0.25) is 5.91 Å². The van der Waals surface area contributed by atoms with Gasteiger partial charge in [-0.2, -0.15) is 0 Å². The highest BCUT2D eigenvalue weighted by molar-refractivity contribution is 6.04. The fraction of sp³-hybridized carbons (Fsp3) is 0.400. The first-order chi connectivity index (χ1) is 10.6. The summed E-state index contributed by atoms with van der Waals surface area (Å²) < 4.78 is 5.44. The number of nitrogens with one attached hydrogen (secondary N) is 3. The van der Waals surface area contributed by atoms with Crippen molar-refractivity contribution in [1.29, 1.82) is 0 Å². The van der Waals surface area contributed by atoms with Crippen LogP contribution in [0, 0.1) is 0 Å². The molecular weight excluding hydrogens is 286 g/mol. The van der Waals surface area contributed by atoms with Crippen molar-refractivity contribution in [3.05, 3.63) is 35.9 Å². The van der Waals surface area contributed by atoms with Crippen molar-refractivity contribution >= 4 is 17.8 Å². The van der Waals surface area contributed by atoms with Gasteiger partial charge in [0.05, 0.1) is 13.2 Å². The SMILES string of the molecule is O=C(CC[C@@H]1NC(=O)NC1=O)NCCOCc1ccccc1. The van der Waals surface area contributed by atoms with E-state index in [0.717, 1.165) is 5.56 Å².